The van der Waals surface area contributed by atoms with Crippen LogP contribution in [0.25, 0.3) is 0 Å². The summed E-state index contributed by atoms with van der Waals surface area (Å²) >= 11 is 7.47. The summed E-state index contributed by atoms with van der Waals surface area (Å²) in [6.45, 7) is 1.12. The highest BCUT2D eigenvalue weighted by atomic mass is 35.5. The van der Waals surface area contributed by atoms with E-state index in [2.05, 4.69) is 16.7 Å². The van der Waals surface area contributed by atoms with Crippen LogP contribution in [0.4, 0.5) is 0 Å². The van der Waals surface area contributed by atoms with Gasteiger partial charge in [0.15, 0.2) is 0 Å². The number of nitrogens with one attached hydrogen (secondary N) is 2. The van der Waals surface area contributed by atoms with Crippen LogP contribution in [0, 0.1) is 0 Å². The zero-order valence-electron chi connectivity index (χ0n) is 12.7. The van der Waals surface area contributed by atoms with E-state index < -0.39 is 0 Å². The molecule has 0 fully saturated rings. The maximum absolute atomic E-state index is 11.9. The fourth-order valence-electron chi connectivity index (χ4n) is 2.02. The van der Waals surface area contributed by atoms with Gasteiger partial charge in [0.2, 0.25) is 5.91 Å². The van der Waals surface area contributed by atoms with Crippen molar-refractivity contribution in [2.75, 3.05) is 13.1 Å². The van der Waals surface area contributed by atoms with Gasteiger partial charge in [0, 0.05) is 35.0 Å². The van der Waals surface area contributed by atoms with Crippen molar-refractivity contribution in [1.82, 2.24) is 10.6 Å². The van der Waals surface area contributed by atoms with E-state index in [1.807, 2.05) is 11.4 Å². The maximum atomic E-state index is 11.9. The van der Waals surface area contributed by atoms with Gasteiger partial charge in [0.05, 0.1) is 0 Å². The molecule has 1 aromatic heterocycles. The van der Waals surface area contributed by atoms with Crippen LogP contribution >= 0.6 is 22.9 Å². The van der Waals surface area contributed by atoms with Crippen molar-refractivity contribution in [2.24, 2.45) is 0 Å². The van der Waals surface area contributed by atoms with Crippen LogP contribution in [0.2, 0.25) is 5.02 Å². The number of thiophene rings is 1. The van der Waals surface area contributed by atoms with Gasteiger partial charge in [-0.2, -0.15) is 0 Å². The summed E-state index contributed by atoms with van der Waals surface area (Å²) in [5.41, 5.74) is 0.565. The molecule has 0 aliphatic carbocycles. The van der Waals surface area contributed by atoms with Gasteiger partial charge in [-0.1, -0.05) is 17.7 Å². The topological polar surface area (TPSA) is 58.2 Å². The molecule has 122 valence electrons. The quantitative estimate of drug-likeness (QED) is 0.718. The van der Waals surface area contributed by atoms with Crippen molar-refractivity contribution in [2.45, 2.75) is 19.3 Å². The van der Waals surface area contributed by atoms with E-state index in [1.54, 1.807) is 35.6 Å². The molecule has 0 aliphatic rings. The molecule has 23 heavy (non-hydrogen) atoms. The van der Waals surface area contributed by atoms with Gasteiger partial charge in [-0.3, -0.25) is 9.59 Å². The zero-order valence-corrected chi connectivity index (χ0v) is 14.3. The second-order valence-electron chi connectivity index (χ2n) is 5.05. The standard InChI is InChI=1S/C17H19ClN2O2S/c18-14-7-5-13(6-8-14)17(22)20-10-1-4-16(21)19-11-9-15-3-2-12-23-15/h2-3,5-8,12H,1,4,9-11H2,(H,19,21)(H,20,22). The lowest BCUT2D eigenvalue weighted by Gasteiger charge is -2.06. The molecule has 4 nitrogen and oxygen atoms in total. The number of rotatable bonds is 8. The maximum Gasteiger partial charge on any atom is 0.251 e. The molecule has 1 heterocycles. The Balaban J connectivity index is 1.56. The first-order valence-corrected chi connectivity index (χ1v) is 8.74. The highest BCUT2D eigenvalue weighted by Gasteiger charge is 2.05. The molecule has 2 N–H and O–H groups in total. The highest BCUT2D eigenvalue weighted by Crippen LogP contribution is 2.09. The van der Waals surface area contributed by atoms with E-state index in [1.165, 1.54) is 4.88 Å². The minimum atomic E-state index is -0.153. The van der Waals surface area contributed by atoms with E-state index in [9.17, 15) is 9.59 Å². The number of benzene rings is 1. The number of hydrogen-bond acceptors (Lipinski definition) is 3. The summed E-state index contributed by atoms with van der Waals surface area (Å²) in [4.78, 5) is 24.8. The predicted molar refractivity (Wildman–Crippen MR) is 94.1 cm³/mol. The predicted octanol–water partition coefficient (Wildman–Crippen LogP) is 3.27. The molecular formula is C17H19ClN2O2S. The molecule has 0 spiro atoms. The first-order chi connectivity index (χ1) is 11.1. The normalized spacial score (nSPS) is 10.3. The lowest BCUT2D eigenvalue weighted by Crippen LogP contribution is -2.28. The molecule has 1 aromatic carbocycles. The second kappa shape index (κ2) is 9.33. The van der Waals surface area contributed by atoms with Crippen LogP contribution in [0.3, 0.4) is 0 Å². The Morgan fingerprint density at radius 2 is 1.83 bits per heavy atom. The van der Waals surface area contributed by atoms with Crippen LogP contribution in [-0.4, -0.2) is 24.9 Å². The number of halogens is 1. The van der Waals surface area contributed by atoms with E-state index in [4.69, 9.17) is 11.6 Å². The van der Waals surface area contributed by atoms with Gasteiger partial charge in [0.1, 0.15) is 0 Å². The first-order valence-electron chi connectivity index (χ1n) is 7.48. The average molecular weight is 351 g/mol. The number of hydrogen-bond donors (Lipinski definition) is 2. The van der Waals surface area contributed by atoms with Crippen molar-refractivity contribution in [3.63, 3.8) is 0 Å². The van der Waals surface area contributed by atoms with Gasteiger partial charge in [-0.25, -0.2) is 0 Å². The smallest absolute Gasteiger partial charge is 0.251 e. The molecule has 0 atom stereocenters. The first kappa shape index (κ1) is 17.5. The molecule has 2 rings (SSSR count). The average Bonchev–Trinajstić information content (AvgIpc) is 3.05. The number of carbonyl (C=O) groups excluding carboxylic acids is 2. The largest absolute Gasteiger partial charge is 0.356 e. The molecule has 6 heteroatoms. The minimum Gasteiger partial charge on any atom is -0.356 e. The Labute approximate surface area is 144 Å². The lowest BCUT2D eigenvalue weighted by atomic mass is 10.2. The summed E-state index contributed by atoms with van der Waals surface area (Å²) in [6.07, 6.45) is 1.88. The third kappa shape index (κ3) is 6.42. The summed E-state index contributed by atoms with van der Waals surface area (Å²) in [5, 5.41) is 8.31. The molecule has 0 bridgehead atoms. The minimum absolute atomic E-state index is 0.0160. The van der Waals surface area contributed by atoms with E-state index in [0.717, 1.165) is 6.42 Å². The molecule has 0 unspecified atom stereocenters. The van der Waals surface area contributed by atoms with E-state index in [-0.39, 0.29) is 11.8 Å². The zero-order chi connectivity index (χ0) is 16.5. The van der Waals surface area contributed by atoms with Crippen LogP contribution in [0.15, 0.2) is 41.8 Å². The van der Waals surface area contributed by atoms with Gasteiger partial charge in [0.25, 0.3) is 5.91 Å². The Kier molecular flexibility index (Phi) is 7.10. The lowest BCUT2D eigenvalue weighted by molar-refractivity contribution is -0.121. The summed E-state index contributed by atoms with van der Waals surface area (Å²) in [6, 6.07) is 10.8. The van der Waals surface area contributed by atoms with Crippen molar-refractivity contribution in [3.8, 4) is 0 Å². The third-order valence-electron chi connectivity index (χ3n) is 3.25. The molecule has 2 amide bonds. The molecule has 0 saturated carbocycles. The molecular weight excluding hydrogens is 332 g/mol. The van der Waals surface area contributed by atoms with E-state index in [0.29, 0.717) is 36.5 Å². The number of carbonyl (C=O) groups is 2. The second-order valence-corrected chi connectivity index (χ2v) is 6.51. The van der Waals surface area contributed by atoms with Crippen LogP contribution in [0.1, 0.15) is 28.1 Å². The highest BCUT2D eigenvalue weighted by molar-refractivity contribution is 7.09. The van der Waals surface area contributed by atoms with Crippen LogP contribution in [-0.2, 0) is 11.2 Å². The Bertz CT molecular complexity index is 627. The summed E-state index contributed by atoms with van der Waals surface area (Å²) in [7, 11) is 0. The van der Waals surface area contributed by atoms with Crippen molar-refractivity contribution >= 4 is 34.8 Å². The van der Waals surface area contributed by atoms with Gasteiger partial charge in [-0.05, 0) is 48.6 Å². The fraction of sp³-hybridized carbons (Fsp3) is 0.294. The fourth-order valence-corrected chi connectivity index (χ4v) is 2.86. The van der Waals surface area contributed by atoms with Gasteiger partial charge < -0.3 is 10.6 Å². The van der Waals surface area contributed by atoms with Gasteiger partial charge in [-0.15, -0.1) is 11.3 Å². The van der Waals surface area contributed by atoms with E-state index >= 15 is 0 Å². The van der Waals surface area contributed by atoms with Crippen molar-refractivity contribution in [1.29, 1.82) is 0 Å². The summed E-state index contributed by atoms with van der Waals surface area (Å²) < 4.78 is 0. The molecule has 0 radical (unpaired) electrons. The molecule has 0 aliphatic heterocycles. The summed E-state index contributed by atoms with van der Waals surface area (Å²) in [5.74, 6) is -0.137. The third-order valence-corrected chi connectivity index (χ3v) is 4.43. The molecule has 0 saturated heterocycles. The monoisotopic (exact) mass is 350 g/mol. The van der Waals surface area contributed by atoms with Crippen molar-refractivity contribution < 1.29 is 9.59 Å². The number of amides is 2. The van der Waals surface area contributed by atoms with Crippen molar-refractivity contribution in [3.05, 3.63) is 57.2 Å². The van der Waals surface area contributed by atoms with Crippen LogP contribution in [0.5, 0.6) is 0 Å². The Hall–Kier alpha value is -1.85. The molecule has 2 aromatic rings. The van der Waals surface area contributed by atoms with Gasteiger partial charge >= 0.3 is 0 Å². The van der Waals surface area contributed by atoms with Crippen LogP contribution < -0.4 is 10.6 Å². The Morgan fingerprint density at radius 1 is 1.04 bits per heavy atom. The SMILES string of the molecule is O=C(CCCNC(=O)c1ccc(Cl)cc1)NCCc1cccs1. The Morgan fingerprint density at radius 3 is 2.52 bits per heavy atom.